The van der Waals surface area contributed by atoms with E-state index < -0.39 is 0 Å². The van der Waals surface area contributed by atoms with E-state index in [4.69, 9.17) is 5.73 Å². The second kappa shape index (κ2) is 4.84. The molecule has 94 valence electrons. The van der Waals surface area contributed by atoms with Crippen LogP contribution in [-0.2, 0) is 6.42 Å². The van der Waals surface area contributed by atoms with Gasteiger partial charge in [0.2, 0.25) is 0 Å². The molecule has 0 unspecified atom stereocenters. The predicted molar refractivity (Wildman–Crippen MR) is 73.4 cm³/mol. The van der Waals surface area contributed by atoms with Crippen LogP contribution in [0.4, 0.5) is 5.69 Å². The first kappa shape index (κ1) is 11.3. The fourth-order valence-corrected chi connectivity index (χ4v) is 2.88. The van der Waals surface area contributed by atoms with E-state index in [2.05, 4.69) is 21.8 Å². The average molecular weight is 241 g/mol. The summed E-state index contributed by atoms with van der Waals surface area (Å²) >= 11 is 0. The number of imidazole rings is 1. The van der Waals surface area contributed by atoms with Crippen LogP contribution in [0.1, 0.15) is 43.1 Å². The number of nitrogen functional groups attached to an aromatic ring is 1. The van der Waals surface area contributed by atoms with E-state index in [0.717, 1.165) is 17.9 Å². The summed E-state index contributed by atoms with van der Waals surface area (Å²) in [5.74, 6) is 1.16. The summed E-state index contributed by atoms with van der Waals surface area (Å²) in [6.45, 7) is 0. The molecule has 1 saturated carbocycles. The molecule has 1 aliphatic carbocycles. The van der Waals surface area contributed by atoms with Crippen LogP contribution in [0.5, 0.6) is 0 Å². The smallest absolute Gasteiger partial charge is 0.113 e. The Hall–Kier alpha value is -1.77. The Morgan fingerprint density at radius 2 is 2.11 bits per heavy atom. The van der Waals surface area contributed by atoms with Gasteiger partial charge in [-0.15, -0.1) is 0 Å². The molecule has 0 amide bonds. The van der Waals surface area contributed by atoms with Crippen LogP contribution < -0.4 is 5.73 Å². The Balaban J connectivity index is 1.82. The van der Waals surface area contributed by atoms with Gasteiger partial charge >= 0.3 is 0 Å². The van der Waals surface area contributed by atoms with Crippen LogP contribution in [0, 0.1) is 0 Å². The minimum absolute atomic E-state index is 0.656. The van der Waals surface area contributed by atoms with Crippen molar-refractivity contribution in [2.24, 2.45) is 0 Å². The average Bonchev–Trinajstić information content (AvgIpc) is 2.98. The highest BCUT2D eigenvalue weighted by atomic mass is 15.1. The third kappa shape index (κ3) is 2.26. The molecule has 0 radical (unpaired) electrons. The topological polar surface area (TPSA) is 43.8 Å². The Morgan fingerprint density at radius 3 is 2.89 bits per heavy atom. The fraction of sp³-hybridized carbons (Fsp3) is 0.400. The number of nitrogens with two attached hydrogens (primary N) is 1. The molecule has 1 aliphatic rings. The standard InChI is InChI=1S/C15H19N3/c16-13-5-3-4-12(10-13)11-15-17-8-9-18(15)14-6-1-2-7-14/h3-5,8-10,14H,1-2,6-7,11,16H2. The quantitative estimate of drug-likeness (QED) is 0.839. The fourth-order valence-electron chi connectivity index (χ4n) is 2.88. The molecule has 0 atom stereocenters. The summed E-state index contributed by atoms with van der Waals surface area (Å²) in [6, 6.07) is 8.74. The van der Waals surface area contributed by atoms with Gasteiger partial charge in [0.25, 0.3) is 0 Å². The summed E-state index contributed by atoms with van der Waals surface area (Å²) in [5, 5.41) is 0. The van der Waals surface area contributed by atoms with Crippen LogP contribution in [-0.4, -0.2) is 9.55 Å². The zero-order chi connectivity index (χ0) is 12.4. The van der Waals surface area contributed by atoms with Gasteiger partial charge in [0.1, 0.15) is 5.82 Å². The molecular weight excluding hydrogens is 222 g/mol. The lowest BCUT2D eigenvalue weighted by Gasteiger charge is -2.15. The van der Waals surface area contributed by atoms with E-state index in [1.807, 2.05) is 24.4 Å². The van der Waals surface area contributed by atoms with E-state index in [1.54, 1.807) is 0 Å². The summed E-state index contributed by atoms with van der Waals surface area (Å²) in [4.78, 5) is 4.51. The molecule has 2 aromatic rings. The first-order valence-corrected chi connectivity index (χ1v) is 6.69. The van der Waals surface area contributed by atoms with Crippen LogP contribution in [0.25, 0.3) is 0 Å². The largest absolute Gasteiger partial charge is 0.399 e. The van der Waals surface area contributed by atoms with Gasteiger partial charge in [-0.1, -0.05) is 25.0 Å². The lowest BCUT2D eigenvalue weighted by Crippen LogP contribution is -2.08. The van der Waals surface area contributed by atoms with Crippen molar-refractivity contribution >= 4 is 5.69 Å². The molecule has 3 heteroatoms. The molecular formula is C15H19N3. The Morgan fingerprint density at radius 1 is 1.28 bits per heavy atom. The third-order valence-corrected chi connectivity index (χ3v) is 3.78. The van der Waals surface area contributed by atoms with Crippen LogP contribution in [0.3, 0.4) is 0 Å². The molecule has 0 aliphatic heterocycles. The number of aromatic nitrogens is 2. The van der Waals surface area contributed by atoms with Crippen LogP contribution >= 0.6 is 0 Å². The van der Waals surface area contributed by atoms with E-state index >= 15 is 0 Å². The number of nitrogens with zero attached hydrogens (tertiary/aromatic N) is 2. The van der Waals surface area contributed by atoms with Gasteiger partial charge in [-0.05, 0) is 30.5 Å². The number of hydrogen-bond acceptors (Lipinski definition) is 2. The molecule has 18 heavy (non-hydrogen) atoms. The van der Waals surface area contributed by atoms with Gasteiger partial charge in [0, 0.05) is 30.5 Å². The monoisotopic (exact) mass is 241 g/mol. The van der Waals surface area contributed by atoms with Gasteiger partial charge in [-0.2, -0.15) is 0 Å². The Labute approximate surface area is 108 Å². The van der Waals surface area contributed by atoms with Crippen LogP contribution in [0.2, 0.25) is 0 Å². The zero-order valence-electron chi connectivity index (χ0n) is 10.5. The summed E-state index contributed by atoms with van der Waals surface area (Å²) in [5.41, 5.74) is 7.88. The maximum absolute atomic E-state index is 5.82. The van der Waals surface area contributed by atoms with Crippen molar-refractivity contribution in [1.82, 2.24) is 9.55 Å². The van der Waals surface area contributed by atoms with E-state index in [1.165, 1.54) is 31.2 Å². The lowest BCUT2D eigenvalue weighted by atomic mass is 10.1. The molecule has 1 aromatic heterocycles. The molecule has 3 nitrogen and oxygen atoms in total. The van der Waals surface area contributed by atoms with Crippen molar-refractivity contribution in [3.63, 3.8) is 0 Å². The normalized spacial score (nSPS) is 16.2. The van der Waals surface area contributed by atoms with Crippen molar-refractivity contribution < 1.29 is 0 Å². The van der Waals surface area contributed by atoms with Gasteiger partial charge < -0.3 is 10.3 Å². The Bertz CT molecular complexity index is 524. The molecule has 0 saturated heterocycles. The molecule has 0 bridgehead atoms. The molecule has 2 N–H and O–H groups in total. The molecule has 1 fully saturated rings. The number of anilines is 1. The second-order valence-electron chi connectivity index (χ2n) is 5.11. The van der Waals surface area contributed by atoms with Crippen molar-refractivity contribution in [1.29, 1.82) is 0 Å². The molecule has 0 spiro atoms. The zero-order valence-corrected chi connectivity index (χ0v) is 10.5. The van der Waals surface area contributed by atoms with Gasteiger partial charge in [0.15, 0.2) is 0 Å². The summed E-state index contributed by atoms with van der Waals surface area (Å²) < 4.78 is 2.36. The number of hydrogen-bond donors (Lipinski definition) is 1. The lowest BCUT2D eigenvalue weighted by molar-refractivity contribution is 0.501. The number of rotatable bonds is 3. The minimum Gasteiger partial charge on any atom is -0.399 e. The maximum atomic E-state index is 5.82. The third-order valence-electron chi connectivity index (χ3n) is 3.78. The minimum atomic E-state index is 0.656. The first-order valence-electron chi connectivity index (χ1n) is 6.69. The summed E-state index contributed by atoms with van der Waals surface area (Å²) in [7, 11) is 0. The SMILES string of the molecule is Nc1cccc(Cc2nccn2C2CCCC2)c1. The van der Waals surface area contributed by atoms with Gasteiger partial charge in [-0.25, -0.2) is 4.98 Å². The highest BCUT2D eigenvalue weighted by Gasteiger charge is 2.19. The van der Waals surface area contributed by atoms with Crippen molar-refractivity contribution in [3.05, 3.63) is 48.0 Å². The molecule has 3 rings (SSSR count). The van der Waals surface area contributed by atoms with E-state index in [9.17, 15) is 0 Å². The van der Waals surface area contributed by atoms with E-state index in [-0.39, 0.29) is 0 Å². The van der Waals surface area contributed by atoms with E-state index in [0.29, 0.717) is 6.04 Å². The maximum Gasteiger partial charge on any atom is 0.113 e. The van der Waals surface area contributed by atoms with Crippen LogP contribution in [0.15, 0.2) is 36.7 Å². The second-order valence-corrected chi connectivity index (χ2v) is 5.11. The van der Waals surface area contributed by atoms with Crippen molar-refractivity contribution in [2.45, 2.75) is 38.1 Å². The predicted octanol–water partition coefficient (Wildman–Crippen LogP) is 3.17. The number of benzene rings is 1. The molecule has 1 heterocycles. The van der Waals surface area contributed by atoms with Crippen molar-refractivity contribution in [2.75, 3.05) is 5.73 Å². The van der Waals surface area contributed by atoms with Gasteiger partial charge in [0.05, 0.1) is 0 Å². The first-order chi connectivity index (χ1) is 8.83. The van der Waals surface area contributed by atoms with Crippen molar-refractivity contribution in [3.8, 4) is 0 Å². The van der Waals surface area contributed by atoms with Gasteiger partial charge in [-0.3, -0.25) is 0 Å². The highest BCUT2D eigenvalue weighted by Crippen LogP contribution is 2.30. The summed E-state index contributed by atoms with van der Waals surface area (Å²) in [6.07, 6.45) is 10.2. The highest BCUT2D eigenvalue weighted by molar-refractivity contribution is 5.41. The molecule has 1 aromatic carbocycles. The Kier molecular flexibility index (Phi) is 3.05.